The average Bonchev–Trinajstić information content (AvgIpc) is 2.83. The number of aryl methyl sites for hydroxylation is 2. The van der Waals surface area contributed by atoms with Crippen molar-refractivity contribution in [1.82, 2.24) is 5.32 Å². The van der Waals surface area contributed by atoms with E-state index in [9.17, 15) is 0 Å². The Hall–Kier alpha value is -0.0600. The highest BCUT2D eigenvalue weighted by Gasteiger charge is 2.22. The number of halogens is 2. The van der Waals surface area contributed by atoms with E-state index in [4.69, 9.17) is 23.2 Å². The molecule has 0 spiro atoms. The lowest BCUT2D eigenvalue weighted by Gasteiger charge is -2.18. The topological polar surface area (TPSA) is 12.0 Å². The smallest absolute Gasteiger partial charge is 0.0995 e. The lowest BCUT2D eigenvalue weighted by Crippen LogP contribution is -2.22. The van der Waals surface area contributed by atoms with Crippen molar-refractivity contribution in [3.63, 3.8) is 0 Å². The van der Waals surface area contributed by atoms with Crippen molar-refractivity contribution in [3.05, 3.63) is 41.7 Å². The summed E-state index contributed by atoms with van der Waals surface area (Å²) in [6, 6.07) is 4.36. The molecule has 0 bridgehead atoms. The van der Waals surface area contributed by atoms with Gasteiger partial charge in [-0.15, -0.1) is 22.7 Å². The highest BCUT2D eigenvalue weighted by Crippen LogP contribution is 2.40. The molecule has 2 aromatic heterocycles. The van der Waals surface area contributed by atoms with Crippen LogP contribution in [-0.2, 0) is 0 Å². The third kappa shape index (κ3) is 3.53. The van der Waals surface area contributed by atoms with Crippen LogP contribution in [-0.4, -0.2) is 6.54 Å². The minimum Gasteiger partial charge on any atom is -0.306 e. The molecule has 0 aliphatic rings. The first-order valence-corrected chi connectivity index (χ1v) is 8.66. The molecule has 1 unspecified atom stereocenters. The van der Waals surface area contributed by atoms with E-state index in [-0.39, 0.29) is 6.04 Å². The predicted molar refractivity (Wildman–Crippen MR) is 88.3 cm³/mol. The van der Waals surface area contributed by atoms with Gasteiger partial charge in [-0.2, -0.15) is 0 Å². The second kappa shape index (κ2) is 6.59. The standard InChI is InChI=1S/C14H17Cl2NS2/c1-4-5-17-12(10-7-11(15)19-14(10)16)13-8(2)6-9(3)18-13/h6-7,12,17H,4-5H2,1-3H3. The van der Waals surface area contributed by atoms with Crippen LogP contribution >= 0.6 is 45.9 Å². The molecule has 0 aliphatic carbocycles. The average molecular weight is 334 g/mol. The maximum atomic E-state index is 6.33. The predicted octanol–water partition coefficient (Wildman–Crippen LogP) is 5.82. The van der Waals surface area contributed by atoms with Gasteiger partial charge in [0.05, 0.1) is 14.7 Å². The molecule has 19 heavy (non-hydrogen) atoms. The number of nitrogens with one attached hydrogen (secondary N) is 1. The summed E-state index contributed by atoms with van der Waals surface area (Å²) in [5, 5.41) is 3.58. The fraction of sp³-hybridized carbons (Fsp3) is 0.429. The summed E-state index contributed by atoms with van der Waals surface area (Å²) in [6.45, 7) is 7.42. The summed E-state index contributed by atoms with van der Waals surface area (Å²) < 4.78 is 1.53. The van der Waals surface area contributed by atoms with Gasteiger partial charge in [0.2, 0.25) is 0 Å². The summed E-state index contributed by atoms with van der Waals surface area (Å²) in [7, 11) is 0. The molecule has 2 heterocycles. The van der Waals surface area contributed by atoms with Crippen molar-refractivity contribution in [2.75, 3.05) is 6.54 Å². The molecule has 1 atom stereocenters. The van der Waals surface area contributed by atoms with Crippen molar-refractivity contribution >= 4 is 45.9 Å². The molecular formula is C14H17Cl2NS2. The fourth-order valence-corrected chi connectivity index (χ4v) is 4.79. The Morgan fingerprint density at radius 1 is 1.21 bits per heavy atom. The molecule has 5 heteroatoms. The minimum atomic E-state index is 0.148. The van der Waals surface area contributed by atoms with E-state index >= 15 is 0 Å². The Morgan fingerprint density at radius 3 is 2.42 bits per heavy atom. The van der Waals surface area contributed by atoms with Crippen molar-refractivity contribution < 1.29 is 0 Å². The zero-order valence-corrected chi connectivity index (χ0v) is 14.4. The van der Waals surface area contributed by atoms with Crippen LogP contribution < -0.4 is 5.32 Å². The Labute approximate surface area is 132 Å². The molecule has 0 fully saturated rings. The van der Waals surface area contributed by atoms with E-state index in [1.165, 1.54) is 26.7 Å². The van der Waals surface area contributed by atoms with Crippen LogP contribution in [0.5, 0.6) is 0 Å². The summed E-state index contributed by atoms with van der Waals surface area (Å²) in [6.07, 6.45) is 1.09. The largest absolute Gasteiger partial charge is 0.306 e. The molecule has 1 nitrogen and oxygen atoms in total. The quantitative estimate of drug-likeness (QED) is 0.726. The van der Waals surface area contributed by atoms with Crippen LogP contribution in [0.15, 0.2) is 12.1 Å². The van der Waals surface area contributed by atoms with Crippen LogP contribution in [0.25, 0.3) is 0 Å². The molecule has 0 aromatic carbocycles. The van der Waals surface area contributed by atoms with Gasteiger partial charge in [0.1, 0.15) is 0 Å². The van der Waals surface area contributed by atoms with Gasteiger partial charge in [0.15, 0.2) is 0 Å². The molecule has 0 saturated carbocycles. The van der Waals surface area contributed by atoms with Crippen LogP contribution in [0.1, 0.15) is 40.3 Å². The third-order valence-corrected chi connectivity index (χ3v) is 5.67. The molecule has 0 amide bonds. The first-order valence-electron chi connectivity index (χ1n) is 6.28. The summed E-state index contributed by atoms with van der Waals surface area (Å²) >= 11 is 15.7. The minimum absolute atomic E-state index is 0.148. The Bertz CT molecular complexity index is 514. The number of rotatable bonds is 5. The van der Waals surface area contributed by atoms with Gasteiger partial charge in [-0.3, -0.25) is 0 Å². The van der Waals surface area contributed by atoms with Gasteiger partial charge in [0.25, 0.3) is 0 Å². The fourth-order valence-electron chi connectivity index (χ4n) is 2.13. The first-order chi connectivity index (χ1) is 9.02. The third-order valence-electron chi connectivity index (χ3n) is 2.93. The van der Waals surface area contributed by atoms with Crippen LogP contribution in [0.2, 0.25) is 8.67 Å². The van der Waals surface area contributed by atoms with Gasteiger partial charge >= 0.3 is 0 Å². The van der Waals surface area contributed by atoms with E-state index in [2.05, 4.69) is 32.2 Å². The molecule has 0 saturated heterocycles. The normalized spacial score (nSPS) is 12.9. The molecule has 0 aliphatic heterocycles. The van der Waals surface area contributed by atoms with Crippen LogP contribution in [0.4, 0.5) is 0 Å². The van der Waals surface area contributed by atoms with Crippen molar-refractivity contribution in [2.24, 2.45) is 0 Å². The highest BCUT2D eigenvalue weighted by atomic mass is 35.5. The number of hydrogen-bond donors (Lipinski definition) is 1. The number of thiophene rings is 2. The van der Waals surface area contributed by atoms with E-state index in [1.807, 2.05) is 17.4 Å². The maximum absolute atomic E-state index is 6.33. The second-order valence-electron chi connectivity index (χ2n) is 4.57. The summed E-state index contributed by atoms with van der Waals surface area (Å²) in [4.78, 5) is 2.66. The molecule has 2 aromatic rings. The highest BCUT2D eigenvalue weighted by molar-refractivity contribution is 7.20. The molecule has 104 valence electrons. The van der Waals surface area contributed by atoms with Crippen LogP contribution in [0.3, 0.4) is 0 Å². The number of hydrogen-bond acceptors (Lipinski definition) is 3. The van der Waals surface area contributed by atoms with Crippen LogP contribution in [0, 0.1) is 13.8 Å². The Balaban J connectivity index is 2.41. The Morgan fingerprint density at radius 2 is 1.95 bits per heavy atom. The Kier molecular flexibility index (Phi) is 5.32. The zero-order chi connectivity index (χ0) is 14.0. The first kappa shape index (κ1) is 15.3. The van der Waals surface area contributed by atoms with E-state index in [0.29, 0.717) is 0 Å². The summed E-state index contributed by atoms with van der Waals surface area (Å²) in [5.74, 6) is 0. The van der Waals surface area contributed by atoms with Gasteiger partial charge < -0.3 is 5.32 Å². The molecule has 2 rings (SSSR count). The second-order valence-corrected chi connectivity index (χ2v) is 8.14. The van der Waals surface area contributed by atoms with Crippen molar-refractivity contribution in [1.29, 1.82) is 0 Å². The monoisotopic (exact) mass is 333 g/mol. The van der Waals surface area contributed by atoms with Gasteiger partial charge in [-0.25, -0.2) is 0 Å². The molecule has 1 N–H and O–H groups in total. The van der Waals surface area contributed by atoms with E-state index < -0.39 is 0 Å². The zero-order valence-electron chi connectivity index (χ0n) is 11.2. The van der Waals surface area contributed by atoms with Gasteiger partial charge in [-0.1, -0.05) is 30.1 Å². The van der Waals surface area contributed by atoms with Crippen molar-refractivity contribution in [3.8, 4) is 0 Å². The van der Waals surface area contributed by atoms with Gasteiger partial charge in [0, 0.05) is 15.3 Å². The van der Waals surface area contributed by atoms with Gasteiger partial charge in [-0.05, 0) is 44.5 Å². The van der Waals surface area contributed by atoms with Crippen molar-refractivity contribution in [2.45, 2.75) is 33.2 Å². The lowest BCUT2D eigenvalue weighted by molar-refractivity contribution is 0.605. The lowest BCUT2D eigenvalue weighted by atomic mass is 10.1. The molecule has 0 radical (unpaired) electrons. The van der Waals surface area contributed by atoms with E-state index in [1.54, 1.807) is 0 Å². The SMILES string of the molecule is CCCNC(c1cc(Cl)sc1Cl)c1sc(C)cc1C. The summed E-state index contributed by atoms with van der Waals surface area (Å²) in [5.41, 5.74) is 2.41. The molecular weight excluding hydrogens is 317 g/mol. The van der Waals surface area contributed by atoms with E-state index in [0.717, 1.165) is 27.2 Å². The maximum Gasteiger partial charge on any atom is 0.0995 e.